The van der Waals surface area contributed by atoms with E-state index in [9.17, 15) is 0 Å². The van der Waals surface area contributed by atoms with Crippen molar-refractivity contribution >= 4 is 16.7 Å². The molecule has 1 atom stereocenters. The summed E-state index contributed by atoms with van der Waals surface area (Å²) in [4.78, 5) is 7.03. The number of para-hydroxylation sites is 1. The summed E-state index contributed by atoms with van der Waals surface area (Å²) in [7, 11) is 2.10. The Balaban J connectivity index is 2.51. The Labute approximate surface area is 115 Å². The van der Waals surface area contributed by atoms with E-state index in [1.54, 1.807) is 0 Å². The van der Waals surface area contributed by atoms with Crippen molar-refractivity contribution in [2.45, 2.75) is 33.4 Å². The van der Waals surface area contributed by atoms with Crippen LogP contribution in [0, 0.1) is 5.92 Å². The predicted octanol–water partition coefficient (Wildman–Crippen LogP) is 3.17. The van der Waals surface area contributed by atoms with Crippen LogP contribution in [0.3, 0.4) is 0 Å². The van der Waals surface area contributed by atoms with Crippen LogP contribution >= 0.6 is 0 Å². The largest absolute Gasteiger partial charge is 0.356 e. The van der Waals surface area contributed by atoms with Crippen LogP contribution in [0.4, 0.5) is 5.82 Å². The van der Waals surface area contributed by atoms with Gasteiger partial charge in [0.25, 0.3) is 0 Å². The van der Waals surface area contributed by atoms with Crippen LogP contribution in [0.2, 0.25) is 0 Å². The Morgan fingerprint density at radius 2 is 1.89 bits per heavy atom. The zero-order valence-corrected chi connectivity index (χ0v) is 12.2. The molecule has 0 spiro atoms. The molecule has 2 N–H and O–H groups in total. The third-order valence-corrected chi connectivity index (χ3v) is 3.91. The molecule has 3 nitrogen and oxygen atoms in total. The van der Waals surface area contributed by atoms with E-state index in [0.717, 1.165) is 22.3 Å². The van der Waals surface area contributed by atoms with E-state index < -0.39 is 0 Å². The van der Waals surface area contributed by atoms with Crippen molar-refractivity contribution in [3.8, 4) is 0 Å². The molecule has 2 rings (SSSR count). The van der Waals surface area contributed by atoms with Crippen molar-refractivity contribution in [3.05, 3.63) is 35.9 Å². The van der Waals surface area contributed by atoms with Crippen LogP contribution in [0.15, 0.2) is 30.3 Å². The van der Waals surface area contributed by atoms with Gasteiger partial charge in [-0.05, 0) is 25.0 Å². The smallest absolute Gasteiger partial charge is 0.133 e. The molecule has 0 saturated heterocycles. The minimum Gasteiger partial charge on any atom is -0.356 e. The molecule has 1 heterocycles. The molecule has 2 aromatic rings. The number of hydrogen-bond donors (Lipinski definition) is 1. The van der Waals surface area contributed by atoms with Gasteiger partial charge >= 0.3 is 0 Å². The molecular weight excluding hydrogens is 234 g/mol. The molecule has 0 radical (unpaired) electrons. The average molecular weight is 257 g/mol. The van der Waals surface area contributed by atoms with Crippen LogP contribution in [-0.4, -0.2) is 18.1 Å². The highest BCUT2D eigenvalue weighted by Gasteiger charge is 2.17. The first kappa shape index (κ1) is 13.8. The summed E-state index contributed by atoms with van der Waals surface area (Å²) in [5.41, 5.74) is 8.02. The number of pyridine rings is 1. The van der Waals surface area contributed by atoms with Gasteiger partial charge in [0.1, 0.15) is 5.82 Å². The summed E-state index contributed by atoms with van der Waals surface area (Å²) < 4.78 is 0. The molecular formula is C16H23N3. The van der Waals surface area contributed by atoms with E-state index in [2.05, 4.69) is 44.9 Å². The molecule has 0 saturated carbocycles. The Kier molecular flexibility index (Phi) is 4.05. The van der Waals surface area contributed by atoms with Crippen molar-refractivity contribution < 1.29 is 0 Å². The van der Waals surface area contributed by atoms with Crippen molar-refractivity contribution in [1.29, 1.82) is 0 Å². The van der Waals surface area contributed by atoms with Crippen LogP contribution in [0.1, 0.15) is 26.3 Å². The highest BCUT2D eigenvalue weighted by molar-refractivity contribution is 5.81. The molecule has 102 valence electrons. The van der Waals surface area contributed by atoms with E-state index in [-0.39, 0.29) is 0 Å². The van der Waals surface area contributed by atoms with Crippen LogP contribution in [-0.2, 0) is 6.54 Å². The van der Waals surface area contributed by atoms with Crippen molar-refractivity contribution in [2.75, 3.05) is 11.9 Å². The molecule has 0 aliphatic carbocycles. The number of benzene rings is 1. The van der Waals surface area contributed by atoms with Crippen LogP contribution in [0.25, 0.3) is 10.9 Å². The van der Waals surface area contributed by atoms with E-state index >= 15 is 0 Å². The molecule has 3 heteroatoms. The standard InChI is InChI=1S/C16H23N3/c1-11(2)12(3)19(4)16-14(10-17)9-13-7-5-6-8-15(13)18-16/h5-9,11-12H,10,17H2,1-4H3. The molecule has 0 bridgehead atoms. The first-order valence-corrected chi connectivity index (χ1v) is 6.86. The summed E-state index contributed by atoms with van der Waals surface area (Å²) in [5.74, 6) is 1.58. The molecule has 0 fully saturated rings. The molecule has 1 aromatic carbocycles. The van der Waals surface area contributed by atoms with E-state index in [1.807, 2.05) is 18.2 Å². The van der Waals surface area contributed by atoms with Gasteiger partial charge in [-0.15, -0.1) is 0 Å². The van der Waals surface area contributed by atoms with Gasteiger partial charge in [0, 0.05) is 30.6 Å². The highest BCUT2D eigenvalue weighted by atomic mass is 15.2. The Bertz CT molecular complexity index is 563. The first-order valence-electron chi connectivity index (χ1n) is 6.86. The van der Waals surface area contributed by atoms with Gasteiger partial charge in [-0.2, -0.15) is 0 Å². The predicted molar refractivity (Wildman–Crippen MR) is 82.3 cm³/mol. The van der Waals surface area contributed by atoms with Gasteiger partial charge < -0.3 is 10.6 Å². The summed E-state index contributed by atoms with van der Waals surface area (Å²) >= 11 is 0. The molecule has 1 aromatic heterocycles. The summed E-state index contributed by atoms with van der Waals surface area (Å²) in [5, 5.41) is 1.15. The molecule has 1 unspecified atom stereocenters. The second-order valence-corrected chi connectivity index (χ2v) is 5.46. The normalized spacial score (nSPS) is 12.9. The Hall–Kier alpha value is -1.61. The third-order valence-electron chi connectivity index (χ3n) is 3.91. The monoisotopic (exact) mass is 257 g/mol. The zero-order chi connectivity index (χ0) is 14.0. The molecule has 0 aliphatic rings. The highest BCUT2D eigenvalue weighted by Crippen LogP contribution is 2.25. The fourth-order valence-electron chi connectivity index (χ4n) is 2.25. The summed E-state index contributed by atoms with van der Waals surface area (Å²) in [6.45, 7) is 7.19. The maximum atomic E-state index is 5.89. The van der Waals surface area contributed by atoms with E-state index in [0.29, 0.717) is 18.5 Å². The first-order chi connectivity index (χ1) is 9.04. The lowest BCUT2D eigenvalue weighted by molar-refractivity contribution is 0.502. The van der Waals surface area contributed by atoms with Gasteiger partial charge in [0.2, 0.25) is 0 Å². The maximum absolute atomic E-state index is 5.89. The van der Waals surface area contributed by atoms with Gasteiger partial charge in [0.05, 0.1) is 5.52 Å². The fraction of sp³-hybridized carbons (Fsp3) is 0.438. The second-order valence-electron chi connectivity index (χ2n) is 5.46. The number of nitrogens with zero attached hydrogens (tertiary/aromatic N) is 2. The average Bonchev–Trinajstić information content (AvgIpc) is 2.44. The number of nitrogens with two attached hydrogens (primary N) is 1. The third kappa shape index (κ3) is 2.71. The van der Waals surface area contributed by atoms with Crippen molar-refractivity contribution in [1.82, 2.24) is 4.98 Å². The summed E-state index contributed by atoms with van der Waals surface area (Å²) in [6, 6.07) is 10.8. The van der Waals surface area contributed by atoms with Crippen LogP contribution < -0.4 is 10.6 Å². The van der Waals surface area contributed by atoms with E-state index in [4.69, 9.17) is 10.7 Å². The SMILES string of the molecule is CC(C)C(C)N(C)c1nc2ccccc2cc1CN. The zero-order valence-electron chi connectivity index (χ0n) is 12.2. The van der Waals surface area contributed by atoms with Crippen molar-refractivity contribution in [2.24, 2.45) is 11.7 Å². The summed E-state index contributed by atoms with van der Waals surface area (Å²) in [6.07, 6.45) is 0. The molecule has 0 aliphatic heterocycles. The minimum atomic E-state index is 0.430. The van der Waals surface area contributed by atoms with Crippen molar-refractivity contribution in [3.63, 3.8) is 0 Å². The lowest BCUT2D eigenvalue weighted by atomic mass is 10.0. The lowest BCUT2D eigenvalue weighted by Gasteiger charge is -2.30. The molecule has 0 amide bonds. The van der Waals surface area contributed by atoms with Gasteiger partial charge in [-0.25, -0.2) is 4.98 Å². The number of fused-ring (bicyclic) bond motifs is 1. The number of rotatable bonds is 4. The Morgan fingerprint density at radius 1 is 1.21 bits per heavy atom. The minimum absolute atomic E-state index is 0.430. The van der Waals surface area contributed by atoms with Crippen LogP contribution in [0.5, 0.6) is 0 Å². The number of aromatic nitrogens is 1. The topological polar surface area (TPSA) is 42.2 Å². The lowest BCUT2D eigenvalue weighted by Crippen LogP contribution is -2.34. The number of anilines is 1. The van der Waals surface area contributed by atoms with Gasteiger partial charge in [-0.3, -0.25) is 0 Å². The Morgan fingerprint density at radius 3 is 2.53 bits per heavy atom. The molecule has 19 heavy (non-hydrogen) atoms. The van der Waals surface area contributed by atoms with Gasteiger partial charge in [-0.1, -0.05) is 32.0 Å². The second kappa shape index (κ2) is 5.57. The quantitative estimate of drug-likeness (QED) is 0.914. The van der Waals surface area contributed by atoms with E-state index in [1.165, 1.54) is 0 Å². The maximum Gasteiger partial charge on any atom is 0.133 e. The van der Waals surface area contributed by atoms with Gasteiger partial charge in [0.15, 0.2) is 0 Å². The number of hydrogen-bond acceptors (Lipinski definition) is 3. The fourth-order valence-corrected chi connectivity index (χ4v) is 2.25.